The summed E-state index contributed by atoms with van der Waals surface area (Å²) in [5.41, 5.74) is 2.43. The second kappa shape index (κ2) is 9.26. The summed E-state index contributed by atoms with van der Waals surface area (Å²) in [5.74, 6) is 0.101. The molecule has 0 N–H and O–H groups in total. The molecule has 4 rings (SSSR count). The maximum atomic E-state index is 13.1. The zero-order chi connectivity index (χ0) is 22.0. The summed E-state index contributed by atoms with van der Waals surface area (Å²) in [7, 11) is -3.54. The minimum atomic E-state index is -3.54. The van der Waals surface area contributed by atoms with E-state index in [0.29, 0.717) is 63.8 Å². The lowest BCUT2D eigenvalue weighted by Gasteiger charge is -2.37. The number of nitrogens with zero attached hydrogens (tertiary/aromatic N) is 4. The fourth-order valence-electron chi connectivity index (χ4n) is 4.71. The summed E-state index contributed by atoms with van der Waals surface area (Å²) < 4.78 is 27.8. The smallest absolute Gasteiger partial charge is 0.243 e. The number of hydrogen-bond donors (Lipinski definition) is 0. The average Bonchev–Trinajstić information content (AvgIpc) is 2.79. The molecule has 2 heterocycles. The number of sulfonamides is 1. The molecule has 2 saturated heterocycles. The Kier molecular flexibility index (Phi) is 6.64. The van der Waals surface area contributed by atoms with Crippen LogP contribution < -0.4 is 0 Å². The SMILES string of the molecule is CC(=O)N1CCN(CC(=O)N2CCN(S(=O)(=O)c3ccc4c(c3)CCCC4)CC2)CC1. The van der Waals surface area contributed by atoms with E-state index in [-0.39, 0.29) is 11.8 Å². The average molecular weight is 449 g/mol. The van der Waals surface area contributed by atoms with Gasteiger partial charge in [0, 0.05) is 59.3 Å². The molecule has 0 radical (unpaired) electrons. The summed E-state index contributed by atoms with van der Waals surface area (Å²) in [6.07, 6.45) is 4.25. The first-order valence-corrected chi connectivity index (χ1v) is 12.7. The van der Waals surface area contributed by atoms with Crippen LogP contribution in [-0.4, -0.2) is 98.1 Å². The molecule has 0 bridgehead atoms. The molecule has 0 atom stereocenters. The van der Waals surface area contributed by atoms with Crippen molar-refractivity contribution >= 4 is 21.8 Å². The summed E-state index contributed by atoms with van der Waals surface area (Å²) in [6.45, 7) is 6.04. The summed E-state index contributed by atoms with van der Waals surface area (Å²) in [4.78, 5) is 30.1. The molecule has 8 nitrogen and oxygen atoms in total. The Morgan fingerprint density at radius 2 is 1.45 bits per heavy atom. The van der Waals surface area contributed by atoms with Crippen LogP contribution in [-0.2, 0) is 32.5 Å². The van der Waals surface area contributed by atoms with E-state index in [0.717, 1.165) is 24.8 Å². The zero-order valence-corrected chi connectivity index (χ0v) is 19.1. The number of carbonyl (C=O) groups excluding carboxylic acids is 2. The lowest BCUT2D eigenvalue weighted by Crippen LogP contribution is -2.54. The van der Waals surface area contributed by atoms with Gasteiger partial charge in [-0.2, -0.15) is 4.31 Å². The van der Waals surface area contributed by atoms with Crippen LogP contribution in [0.15, 0.2) is 23.1 Å². The normalized spacial score (nSPS) is 21.1. The van der Waals surface area contributed by atoms with E-state index in [2.05, 4.69) is 4.90 Å². The van der Waals surface area contributed by atoms with Crippen LogP contribution >= 0.6 is 0 Å². The molecule has 2 aliphatic heterocycles. The van der Waals surface area contributed by atoms with Crippen LogP contribution in [0.2, 0.25) is 0 Å². The second-order valence-corrected chi connectivity index (χ2v) is 10.6. The number of rotatable bonds is 4. The van der Waals surface area contributed by atoms with Crippen LogP contribution in [0.5, 0.6) is 0 Å². The highest BCUT2D eigenvalue weighted by Gasteiger charge is 2.31. The summed E-state index contributed by atoms with van der Waals surface area (Å²) in [5, 5.41) is 0. The highest BCUT2D eigenvalue weighted by atomic mass is 32.2. The molecule has 0 saturated carbocycles. The van der Waals surface area contributed by atoms with Crippen molar-refractivity contribution in [1.29, 1.82) is 0 Å². The molecule has 2 fully saturated rings. The van der Waals surface area contributed by atoms with E-state index in [4.69, 9.17) is 0 Å². The topological polar surface area (TPSA) is 81.2 Å². The first kappa shape index (κ1) is 22.2. The molecule has 2 amide bonds. The van der Waals surface area contributed by atoms with Gasteiger partial charge in [0.05, 0.1) is 11.4 Å². The molecule has 3 aliphatic rings. The van der Waals surface area contributed by atoms with Gasteiger partial charge in [-0.3, -0.25) is 14.5 Å². The van der Waals surface area contributed by atoms with Crippen molar-refractivity contribution in [2.24, 2.45) is 0 Å². The van der Waals surface area contributed by atoms with Gasteiger partial charge in [-0.25, -0.2) is 8.42 Å². The van der Waals surface area contributed by atoms with E-state index >= 15 is 0 Å². The van der Waals surface area contributed by atoms with Gasteiger partial charge in [0.25, 0.3) is 0 Å². The van der Waals surface area contributed by atoms with Gasteiger partial charge < -0.3 is 9.80 Å². The summed E-state index contributed by atoms with van der Waals surface area (Å²) >= 11 is 0. The number of piperazine rings is 2. The van der Waals surface area contributed by atoms with Gasteiger partial charge in [0.1, 0.15) is 0 Å². The Labute approximate surface area is 184 Å². The van der Waals surface area contributed by atoms with Crippen LogP contribution in [0.4, 0.5) is 0 Å². The summed E-state index contributed by atoms with van der Waals surface area (Å²) in [6, 6.07) is 5.55. The van der Waals surface area contributed by atoms with Crippen LogP contribution in [0, 0.1) is 0 Å². The number of benzene rings is 1. The van der Waals surface area contributed by atoms with Gasteiger partial charge in [-0.1, -0.05) is 6.07 Å². The maximum absolute atomic E-state index is 13.1. The van der Waals surface area contributed by atoms with Gasteiger partial charge in [-0.15, -0.1) is 0 Å². The molecule has 31 heavy (non-hydrogen) atoms. The molecule has 170 valence electrons. The molecule has 1 aromatic carbocycles. The van der Waals surface area contributed by atoms with Crippen molar-refractivity contribution in [2.75, 3.05) is 58.9 Å². The molecule has 1 aromatic rings. The monoisotopic (exact) mass is 448 g/mol. The van der Waals surface area contributed by atoms with E-state index < -0.39 is 10.0 Å². The molecular weight excluding hydrogens is 416 g/mol. The van der Waals surface area contributed by atoms with Crippen molar-refractivity contribution in [1.82, 2.24) is 19.0 Å². The lowest BCUT2D eigenvalue weighted by atomic mass is 9.92. The molecule has 0 spiro atoms. The third-order valence-corrected chi connectivity index (χ3v) is 8.62. The van der Waals surface area contributed by atoms with Gasteiger partial charge >= 0.3 is 0 Å². The van der Waals surface area contributed by atoms with E-state index in [1.54, 1.807) is 22.8 Å². The van der Waals surface area contributed by atoms with Crippen molar-refractivity contribution < 1.29 is 18.0 Å². The quantitative estimate of drug-likeness (QED) is 0.673. The van der Waals surface area contributed by atoms with Crippen molar-refractivity contribution in [3.63, 3.8) is 0 Å². The lowest BCUT2D eigenvalue weighted by molar-refractivity contribution is -0.135. The molecule has 9 heteroatoms. The van der Waals surface area contributed by atoms with Gasteiger partial charge in [0.15, 0.2) is 0 Å². The Balaban J connectivity index is 1.31. The maximum Gasteiger partial charge on any atom is 0.243 e. The number of hydrogen-bond acceptors (Lipinski definition) is 5. The Hall–Kier alpha value is -1.97. The van der Waals surface area contributed by atoms with Crippen molar-refractivity contribution in [2.45, 2.75) is 37.5 Å². The third kappa shape index (κ3) is 4.94. The predicted octanol–water partition coefficient (Wildman–Crippen LogP) is 0.562. The largest absolute Gasteiger partial charge is 0.340 e. The first-order valence-electron chi connectivity index (χ1n) is 11.2. The number of fused-ring (bicyclic) bond motifs is 1. The first-order chi connectivity index (χ1) is 14.8. The van der Waals surface area contributed by atoms with Gasteiger partial charge in [0.2, 0.25) is 21.8 Å². The molecular formula is C22H32N4O4S. The molecule has 0 aromatic heterocycles. The van der Waals surface area contributed by atoms with E-state index in [1.165, 1.54) is 16.3 Å². The zero-order valence-electron chi connectivity index (χ0n) is 18.3. The number of amides is 2. The standard InChI is InChI=1S/C22H32N4O4S/c1-18(27)24-10-8-23(9-11-24)17-22(28)25-12-14-26(15-13-25)31(29,30)21-7-6-19-4-2-3-5-20(19)16-21/h6-7,16H,2-5,8-15,17H2,1H3. The number of aryl methyl sites for hydroxylation is 2. The number of carbonyl (C=O) groups is 2. The fourth-order valence-corrected chi connectivity index (χ4v) is 6.18. The Morgan fingerprint density at radius 1 is 0.839 bits per heavy atom. The minimum absolute atomic E-state index is 0.0297. The van der Waals surface area contributed by atoms with E-state index in [1.807, 2.05) is 12.1 Å². The second-order valence-electron chi connectivity index (χ2n) is 8.70. The third-order valence-electron chi connectivity index (χ3n) is 6.73. The Morgan fingerprint density at radius 3 is 2.10 bits per heavy atom. The van der Waals surface area contributed by atoms with Crippen LogP contribution in [0.1, 0.15) is 30.9 Å². The predicted molar refractivity (Wildman–Crippen MR) is 117 cm³/mol. The van der Waals surface area contributed by atoms with Crippen molar-refractivity contribution in [3.05, 3.63) is 29.3 Å². The highest BCUT2D eigenvalue weighted by molar-refractivity contribution is 7.89. The molecule has 1 aliphatic carbocycles. The van der Waals surface area contributed by atoms with E-state index in [9.17, 15) is 18.0 Å². The Bertz CT molecular complexity index is 933. The van der Waals surface area contributed by atoms with Crippen LogP contribution in [0.25, 0.3) is 0 Å². The van der Waals surface area contributed by atoms with Gasteiger partial charge in [-0.05, 0) is 48.9 Å². The fraction of sp³-hybridized carbons (Fsp3) is 0.636. The van der Waals surface area contributed by atoms with Crippen LogP contribution in [0.3, 0.4) is 0 Å². The van der Waals surface area contributed by atoms with Crippen molar-refractivity contribution in [3.8, 4) is 0 Å². The minimum Gasteiger partial charge on any atom is -0.340 e. The highest BCUT2D eigenvalue weighted by Crippen LogP contribution is 2.26. The molecule has 0 unspecified atom stereocenters.